The predicted molar refractivity (Wildman–Crippen MR) is 79.0 cm³/mol. The number of amides is 2. The molecule has 0 aromatic heterocycles. The topological polar surface area (TPSA) is 41.1 Å². The number of hydrogen-bond donors (Lipinski definition) is 2. The molecule has 2 aromatic carbocycles. The Bertz CT molecular complexity index is 672. The van der Waals surface area contributed by atoms with E-state index < -0.39 is 11.8 Å². The van der Waals surface area contributed by atoms with Crippen LogP contribution in [-0.4, -0.2) is 6.03 Å². The number of urea groups is 1. The second-order valence-corrected chi connectivity index (χ2v) is 4.52. The molecule has 21 heavy (non-hydrogen) atoms. The molecule has 0 atom stereocenters. The monoisotopic (exact) mass is 308 g/mol. The van der Waals surface area contributed by atoms with Crippen molar-refractivity contribution in [2.24, 2.45) is 0 Å². The van der Waals surface area contributed by atoms with Crippen LogP contribution in [0.25, 0.3) is 6.08 Å². The van der Waals surface area contributed by atoms with E-state index in [0.29, 0.717) is 5.69 Å². The van der Waals surface area contributed by atoms with Crippen LogP contribution in [0.2, 0.25) is 5.02 Å². The molecular formula is C15H11ClF2N2O. The lowest BCUT2D eigenvalue weighted by atomic mass is 10.2. The summed E-state index contributed by atoms with van der Waals surface area (Å²) >= 11 is 5.60. The van der Waals surface area contributed by atoms with E-state index in [1.807, 2.05) is 0 Å². The minimum Gasteiger partial charge on any atom is -0.314 e. The first kappa shape index (κ1) is 15.0. The van der Waals surface area contributed by atoms with E-state index in [4.69, 9.17) is 11.6 Å². The fourth-order valence-electron chi connectivity index (χ4n) is 1.53. The number of nitrogens with one attached hydrogen (secondary N) is 2. The first-order valence-corrected chi connectivity index (χ1v) is 6.37. The van der Waals surface area contributed by atoms with Crippen LogP contribution in [0.1, 0.15) is 5.56 Å². The Kier molecular flexibility index (Phi) is 4.90. The first-order valence-electron chi connectivity index (χ1n) is 5.99. The zero-order chi connectivity index (χ0) is 15.2. The minimum absolute atomic E-state index is 0.0744. The van der Waals surface area contributed by atoms with Crippen molar-refractivity contribution in [2.75, 3.05) is 5.32 Å². The summed E-state index contributed by atoms with van der Waals surface area (Å²) in [5.41, 5.74) is 1.11. The summed E-state index contributed by atoms with van der Waals surface area (Å²) in [4.78, 5) is 11.6. The molecule has 2 aromatic rings. The number of anilines is 1. The molecule has 0 aliphatic carbocycles. The Balaban J connectivity index is 1.89. The maximum absolute atomic E-state index is 13.0. The standard InChI is InChI=1S/C15H11ClF2N2O/c16-13-9-12(5-6-14(13)18)20-15(21)19-8-7-10-1-3-11(17)4-2-10/h1-9H,(H2,19,20,21)/b8-7+. The third-order valence-electron chi connectivity index (χ3n) is 2.54. The molecule has 6 heteroatoms. The Hall–Kier alpha value is -2.40. The van der Waals surface area contributed by atoms with Crippen molar-refractivity contribution in [3.8, 4) is 0 Å². The zero-order valence-electron chi connectivity index (χ0n) is 10.7. The van der Waals surface area contributed by atoms with Gasteiger partial charge in [0, 0.05) is 11.9 Å². The number of rotatable bonds is 3. The Morgan fingerprint density at radius 3 is 2.48 bits per heavy atom. The highest BCUT2D eigenvalue weighted by atomic mass is 35.5. The van der Waals surface area contributed by atoms with Crippen molar-refractivity contribution in [1.82, 2.24) is 5.32 Å². The van der Waals surface area contributed by atoms with Gasteiger partial charge in [-0.05, 0) is 42.0 Å². The van der Waals surface area contributed by atoms with Crippen molar-refractivity contribution in [3.63, 3.8) is 0 Å². The normalized spacial score (nSPS) is 10.6. The summed E-state index contributed by atoms with van der Waals surface area (Å²) < 4.78 is 25.7. The van der Waals surface area contributed by atoms with E-state index in [1.54, 1.807) is 18.2 Å². The molecule has 0 radical (unpaired) electrons. The highest BCUT2D eigenvalue weighted by molar-refractivity contribution is 6.31. The summed E-state index contributed by atoms with van der Waals surface area (Å²) in [5.74, 6) is -0.884. The summed E-state index contributed by atoms with van der Waals surface area (Å²) in [6.07, 6.45) is 3.02. The molecule has 2 rings (SSSR count). The van der Waals surface area contributed by atoms with Gasteiger partial charge in [0.2, 0.25) is 0 Å². The maximum Gasteiger partial charge on any atom is 0.323 e. The van der Waals surface area contributed by atoms with Crippen molar-refractivity contribution in [1.29, 1.82) is 0 Å². The van der Waals surface area contributed by atoms with Gasteiger partial charge in [0.05, 0.1) is 5.02 Å². The highest BCUT2D eigenvalue weighted by Gasteiger charge is 2.03. The van der Waals surface area contributed by atoms with Crippen LogP contribution in [0, 0.1) is 11.6 Å². The number of benzene rings is 2. The van der Waals surface area contributed by atoms with Crippen LogP contribution >= 0.6 is 11.6 Å². The fraction of sp³-hybridized carbons (Fsp3) is 0. The lowest BCUT2D eigenvalue weighted by Gasteiger charge is -2.05. The van der Waals surface area contributed by atoms with E-state index in [9.17, 15) is 13.6 Å². The lowest BCUT2D eigenvalue weighted by Crippen LogP contribution is -2.23. The molecule has 0 aliphatic heterocycles. The van der Waals surface area contributed by atoms with Gasteiger partial charge in [0.15, 0.2) is 0 Å². The van der Waals surface area contributed by atoms with E-state index in [-0.39, 0.29) is 10.8 Å². The molecule has 0 bridgehead atoms. The van der Waals surface area contributed by atoms with Crippen LogP contribution in [0.4, 0.5) is 19.3 Å². The van der Waals surface area contributed by atoms with Crippen LogP contribution in [-0.2, 0) is 0 Å². The van der Waals surface area contributed by atoms with Crippen LogP contribution in [0.15, 0.2) is 48.7 Å². The number of halogens is 3. The number of hydrogen-bond acceptors (Lipinski definition) is 1. The smallest absolute Gasteiger partial charge is 0.314 e. The molecule has 3 nitrogen and oxygen atoms in total. The molecule has 0 spiro atoms. The molecule has 0 unspecified atom stereocenters. The van der Waals surface area contributed by atoms with E-state index >= 15 is 0 Å². The van der Waals surface area contributed by atoms with Crippen LogP contribution in [0.3, 0.4) is 0 Å². The second kappa shape index (κ2) is 6.85. The van der Waals surface area contributed by atoms with E-state index in [1.165, 1.54) is 30.5 Å². The molecule has 0 saturated carbocycles. The van der Waals surface area contributed by atoms with Crippen molar-refractivity contribution < 1.29 is 13.6 Å². The van der Waals surface area contributed by atoms with Gasteiger partial charge < -0.3 is 10.6 Å². The predicted octanol–water partition coefficient (Wildman–Crippen LogP) is 4.41. The molecule has 2 amide bonds. The SMILES string of the molecule is O=C(N/C=C/c1ccc(F)cc1)Nc1ccc(F)c(Cl)c1. The maximum atomic E-state index is 13.0. The fourth-order valence-corrected chi connectivity index (χ4v) is 1.71. The van der Waals surface area contributed by atoms with Gasteiger partial charge in [0.25, 0.3) is 0 Å². The number of carbonyl (C=O) groups is 1. The van der Waals surface area contributed by atoms with Crippen molar-refractivity contribution in [2.45, 2.75) is 0 Å². The van der Waals surface area contributed by atoms with Gasteiger partial charge in [-0.1, -0.05) is 23.7 Å². The molecule has 0 aliphatic rings. The molecule has 0 heterocycles. The van der Waals surface area contributed by atoms with Gasteiger partial charge in [-0.25, -0.2) is 13.6 Å². The Morgan fingerprint density at radius 1 is 1.10 bits per heavy atom. The van der Waals surface area contributed by atoms with E-state index in [2.05, 4.69) is 10.6 Å². The molecule has 2 N–H and O–H groups in total. The van der Waals surface area contributed by atoms with Gasteiger partial charge in [-0.2, -0.15) is 0 Å². The third kappa shape index (κ3) is 4.57. The van der Waals surface area contributed by atoms with Crippen molar-refractivity contribution in [3.05, 3.63) is 70.9 Å². The average molecular weight is 309 g/mol. The minimum atomic E-state index is -0.557. The Labute approximate surface area is 125 Å². The second-order valence-electron chi connectivity index (χ2n) is 4.11. The molecular weight excluding hydrogens is 298 g/mol. The summed E-state index contributed by atoms with van der Waals surface area (Å²) in [5, 5.41) is 4.89. The average Bonchev–Trinajstić information content (AvgIpc) is 2.45. The summed E-state index contributed by atoms with van der Waals surface area (Å²) in [6.45, 7) is 0. The third-order valence-corrected chi connectivity index (χ3v) is 2.83. The van der Waals surface area contributed by atoms with Crippen LogP contribution < -0.4 is 10.6 Å². The van der Waals surface area contributed by atoms with Crippen LogP contribution in [0.5, 0.6) is 0 Å². The van der Waals surface area contributed by atoms with Gasteiger partial charge in [-0.15, -0.1) is 0 Å². The van der Waals surface area contributed by atoms with Gasteiger partial charge in [0.1, 0.15) is 11.6 Å². The zero-order valence-corrected chi connectivity index (χ0v) is 11.5. The quantitative estimate of drug-likeness (QED) is 0.866. The lowest BCUT2D eigenvalue weighted by molar-refractivity contribution is 0.255. The first-order chi connectivity index (χ1) is 10.0. The van der Waals surface area contributed by atoms with Gasteiger partial charge >= 0.3 is 6.03 Å². The number of carbonyl (C=O) groups excluding carboxylic acids is 1. The Morgan fingerprint density at radius 2 is 1.81 bits per heavy atom. The highest BCUT2D eigenvalue weighted by Crippen LogP contribution is 2.19. The molecule has 0 saturated heterocycles. The molecule has 108 valence electrons. The van der Waals surface area contributed by atoms with Gasteiger partial charge in [-0.3, -0.25) is 0 Å². The summed E-state index contributed by atoms with van der Waals surface area (Å²) in [6, 6.07) is 9.14. The van der Waals surface area contributed by atoms with Crippen molar-refractivity contribution >= 4 is 29.4 Å². The summed E-state index contributed by atoms with van der Waals surface area (Å²) in [7, 11) is 0. The molecule has 0 fully saturated rings. The van der Waals surface area contributed by atoms with E-state index in [0.717, 1.165) is 11.6 Å². The largest absolute Gasteiger partial charge is 0.323 e.